The minimum Gasteiger partial charge on any atom is -0.481 e. The van der Waals surface area contributed by atoms with Crippen LogP contribution in [0, 0.1) is 0 Å². The summed E-state index contributed by atoms with van der Waals surface area (Å²) in [4.78, 5) is 60.5. The van der Waals surface area contributed by atoms with Gasteiger partial charge >= 0.3 is 30.0 Å². The molecule has 0 aliphatic heterocycles. The summed E-state index contributed by atoms with van der Waals surface area (Å²) < 4.78 is 20.8. The van der Waals surface area contributed by atoms with Crippen molar-refractivity contribution in [2.75, 3.05) is 0 Å². The Morgan fingerprint density at radius 1 is 0.706 bits per heavy atom. The maximum absolute atomic E-state index is 12.6. The molecule has 0 rings (SSSR count). The van der Waals surface area contributed by atoms with Crippen LogP contribution in [0.1, 0.15) is 88.0 Å². The molecular weight excluding hydrogens is 450 g/mol. The van der Waals surface area contributed by atoms with Crippen LogP contribution >= 0.6 is 0 Å². The molecule has 34 heavy (non-hydrogen) atoms. The Bertz CT molecular complexity index is 740. The van der Waals surface area contributed by atoms with Crippen LogP contribution in [0.3, 0.4) is 0 Å². The second-order valence-corrected chi connectivity index (χ2v) is 10.7. The summed E-state index contributed by atoms with van der Waals surface area (Å²) in [6.45, 7) is 14.8. The monoisotopic (exact) mass is 489 g/mol. The number of nitrogens with one attached hydrogen (secondary N) is 1. The van der Waals surface area contributed by atoms with Gasteiger partial charge in [-0.15, -0.1) is 0 Å². The molecule has 0 saturated heterocycles. The van der Waals surface area contributed by atoms with E-state index in [-0.39, 0.29) is 19.3 Å². The van der Waals surface area contributed by atoms with Crippen LogP contribution in [-0.4, -0.2) is 64.0 Å². The fraction of sp³-hybridized carbons (Fsp3) is 0.783. The van der Waals surface area contributed by atoms with Crippen LogP contribution in [-0.2, 0) is 38.1 Å². The lowest BCUT2D eigenvalue weighted by Gasteiger charge is -2.26. The molecule has 0 unspecified atom stereocenters. The molecule has 0 radical (unpaired) electrons. The average Bonchev–Trinajstić information content (AvgIpc) is 2.57. The molecule has 0 saturated carbocycles. The number of ether oxygens (including phenoxy) is 4. The highest BCUT2D eigenvalue weighted by Gasteiger charge is 2.32. The minimum atomic E-state index is -1.51. The Morgan fingerprint density at radius 2 is 1.18 bits per heavy atom. The molecule has 2 N–H and O–H groups in total. The standard InChI is InChI=1S/C23H39NO10/c1-21(2,3)32-17(27)13-10-14(18(28)33-22(4,5)6)24-20(30)31-15(11-12-16(25)26)19(29)34-23(7,8)9/h14-15H,10-13H2,1-9H3,(H,24,30)(H,25,26)/t14-,15-/m0/s1. The van der Waals surface area contributed by atoms with E-state index in [1.165, 1.54) is 0 Å². The van der Waals surface area contributed by atoms with E-state index in [0.29, 0.717) is 0 Å². The third-order valence-corrected chi connectivity index (χ3v) is 3.58. The van der Waals surface area contributed by atoms with E-state index in [4.69, 9.17) is 24.1 Å². The van der Waals surface area contributed by atoms with E-state index in [1.54, 1.807) is 62.3 Å². The number of amides is 1. The number of carboxylic acid groups (broad SMARTS) is 1. The number of carboxylic acids is 1. The van der Waals surface area contributed by atoms with Crippen molar-refractivity contribution < 1.29 is 48.0 Å². The van der Waals surface area contributed by atoms with Crippen molar-refractivity contribution in [1.29, 1.82) is 0 Å². The predicted molar refractivity (Wildman–Crippen MR) is 121 cm³/mol. The Morgan fingerprint density at radius 3 is 1.62 bits per heavy atom. The Kier molecular flexibility index (Phi) is 11.5. The van der Waals surface area contributed by atoms with Gasteiger partial charge in [-0.3, -0.25) is 9.59 Å². The normalized spacial score (nSPS) is 13.8. The molecule has 0 aliphatic rings. The van der Waals surface area contributed by atoms with Crippen LogP contribution in [0.4, 0.5) is 4.79 Å². The highest BCUT2D eigenvalue weighted by atomic mass is 16.6. The van der Waals surface area contributed by atoms with E-state index >= 15 is 0 Å². The topological polar surface area (TPSA) is 155 Å². The first-order valence-corrected chi connectivity index (χ1v) is 11.0. The summed E-state index contributed by atoms with van der Waals surface area (Å²) in [7, 11) is 0. The molecule has 1 amide bonds. The summed E-state index contributed by atoms with van der Waals surface area (Å²) in [6, 6.07) is -1.28. The van der Waals surface area contributed by atoms with Crippen molar-refractivity contribution in [1.82, 2.24) is 5.32 Å². The van der Waals surface area contributed by atoms with Gasteiger partial charge in [-0.2, -0.15) is 0 Å². The zero-order valence-electron chi connectivity index (χ0n) is 21.6. The number of rotatable bonds is 10. The van der Waals surface area contributed by atoms with Crippen LogP contribution in [0.5, 0.6) is 0 Å². The largest absolute Gasteiger partial charge is 0.481 e. The van der Waals surface area contributed by atoms with Gasteiger partial charge in [-0.1, -0.05) is 0 Å². The number of carbonyl (C=O) groups is 5. The lowest BCUT2D eigenvalue weighted by atomic mass is 10.1. The third-order valence-electron chi connectivity index (χ3n) is 3.58. The van der Waals surface area contributed by atoms with Gasteiger partial charge in [0.15, 0.2) is 0 Å². The summed E-state index contributed by atoms with van der Waals surface area (Å²) in [5, 5.41) is 11.2. The number of hydrogen-bond donors (Lipinski definition) is 2. The first-order chi connectivity index (χ1) is 15.2. The van der Waals surface area contributed by atoms with Gasteiger partial charge in [0, 0.05) is 19.3 Å². The van der Waals surface area contributed by atoms with Crippen LogP contribution in [0.25, 0.3) is 0 Å². The summed E-state index contributed by atoms with van der Waals surface area (Å²) >= 11 is 0. The van der Waals surface area contributed by atoms with Crippen molar-refractivity contribution in [3.63, 3.8) is 0 Å². The van der Waals surface area contributed by atoms with E-state index in [9.17, 15) is 24.0 Å². The maximum atomic E-state index is 12.6. The van der Waals surface area contributed by atoms with Gasteiger partial charge in [0.1, 0.15) is 22.8 Å². The molecule has 0 fully saturated rings. The lowest BCUT2D eigenvalue weighted by Crippen LogP contribution is -2.46. The van der Waals surface area contributed by atoms with Crippen LogP contribution < -0.4 is 5.32 Å². The van der Waals surface area contributed by atoms with Crippen molar-refractivity contribution in [3.05, 3.63) is 0 Å². The second-order valence-electron chi connectivity index (χ2n) is 10.7. The first-order valence-electron chi connectivity index (χ1n) is 11.0. The number of hydrogen-bond acceptors (Lipinski definition) is 9. The molecule has 11 nitrogen and oxygen atoms in total. The molecule has 196 valence electrons. The molecule has 0 aromatic rings. The number of carbonyl (C=O) groups excluding carboxylic acids is 4. The molecule has 2 atom stereocenters. The van der Waals surface area contributed by atoms with Crippen molar-refractivity contribution in [2.45, 2.75) is 117 Å². The maximum Gasteiger partial charge on any atom is 0.408 e. The van der Waals surface area contributed by atoms with Gasteiger partial charge < -0.3 is 29.4 Å². The fourth-order valence-electron chi connectivity index (χ4n) is 2.43. The molecule has 0 aliphatic carbocycles. The number of esters is 3. The predicted octanol–water partition coefficient (Wildman–Crippen LogP) is 3.12. The highest BCUT2D eigenvalue weighted by molar-refractivity contribution is 5.84. The molecule has 0 aromatic carbocycles. The van der Waals surface area contributed by atoms with E-state index in [0.717, 1.165) is 0 Å². The van der Waals surface area contributed by atoms with Gasteiger partial charge in [-0.25, -0.2) is 14.4 Å². The average molecular weight is 490 g/mol. The molecule has 0 heterocycles. The zero-order valence-corrected chi connectivity index (χ0v) is 21.6. The SMILES string of the molecule is CC(C)(C)OC(=O)CC[C@H](NC(=O)O[C@@H](CCC(=O)O)C(=O)OC(C)(C)C)C(=O)OC(C)(C)C. The third kappa shape index (κ3) is 15.9. The van der Waals surface area contributed by atoms with E-state index in [2.05, 4.69) is 5.32 Å². The minimum absolute atomic E-state index is 0.148. The molecule has 0 spiro atoms. The zero-order chi connectivity index (χ0) is 26.9. The Balaban J connectivity index is 5.43. The summed E-state index contributed by atoms with van der Waals surface area (Å²) in [6.07, 6.45) is -3.80. The van der Waals surface area contributed by atoms with Crippen molar-refractivity contribution in [3.8, 4) is 0 Å². The number of alkyl carbamates (subject to hydrolysis) is 1. The van der Waals surface area contributed by atoms with Gasteiger partial charge in [0.2, 0.25) is 6.10 Å². The molecule has 0 aromatic heterocycles. The van der Waals surface area contributed by atoms with Crippen molar-refractivity contribution in [2.24, 2.45) is 0 Å². The van der Waals surface area contributed by atoms with E-state index in [1.807, 2.05) is 0 Å². The van der Waals surface area contributed by atoms with Crippen LogP contribution in [0.15, 0.2) is 0 Å². The number of aliphatic carboxylic acids is 1. The van der Waals surface area contributed by atoms with Crippen molar-refractivity contribution >= 4 is 30.0 Å². The lowest BCUT2D eigenvalue weighted by molar-refractivity contribution is -0.165. The molecule has 11 heteroatoms. The first kappa shape index (κ1) is 31.1. The Hall–Kier alpha value is -2.85. The molecular formula is C23H39NO10. The van der Waals surface area contributed by atoms with Crippen LogP contribution in [0.2, 0.25) is 0 Å². The Labute approximate surface area is 200 Å². The van der Waals surface area contributed by atoms with Gasteiger partial charge in [-0.05, 0) is 68.7 Å². The highest BCUT2D eigenvalue weighted by Crippen LogP contribution is 2.16. The smallest absolute Gasteiger partial charge is 0.408 e. The second kappa shape index (κ2) is 12.6. The summed E-state index contributed by atoms with van der Waals surface area (Å²) in [5.74, 6) is -3.51. The van der Waals surface area contributed by atoms with Gasteiger partial charge in [0.25, 0.3) is 0 Å². The van der Waals surface area contributed by atoms with E-state index < -0.39 is 65.3 Å². The fourth-order valence-corrected chi connectivity index (χ4v) is 2.43. The van der Waals surface area contributed by atoms with Gasteiger partial charge in [0.05, 0.1) is 0 Å². The quantitative estimate of drug-likeness (QED) is 0.345. The summed E-state index contributed by atoms with van der Waals surface area (Å²) in [5.41, 5.74) is -2.49. The molecule has 0 bridgehead atoms.